The Bertz CT molecular complexity index is 806. The van der Waals surface area contributed by atoms with Gasteiger partial charge in [-0.3, -0.25) is 9.79 Å². The fourth-order valence-electron chi connectivity index (χ4n) is 3.25. The van der Waals surface area contributed by atoms with Gasteiger partial charge in [-0.25, -0.2) is 9.97 Å². The molecule has 1 saturated heterocycles. The first-order chi connectivity index (χ1) is 14.2. The largest absolute Gasteiger partial charge is 0.357 e. The van der Waals surface area contributed by atoms with Crippen molar-refractivity contribution in [2.24, 2.45) is 4.99 Å². The summed E-state index contributed by atoms with van der Waals surface area (Å²) in [6.07, 6.45) is 4.42. The van der Waals surface area contributed by atoms with E-state index in [1.165, 1.54) is 12.5 Å². The molecule has 0 bridgehead atoms. The highest BCUT2D eigenvalue weighted by Crippen LogP contribution is 2.11. The predicted octanol–water partition coefficient (Wildman–Crippen LogP) is 2.38. The van der Waals surface area contributed by atoms with Crippen LogP contribution >= 0.6 is 24.0 Å². The van der Waals surface area contributed by atoms with E-state index >= 15 is 0 Å². The molecule has 8 nitrogen and oxygen atoms in total. The van der Waals surface area contributed by atoms with E-state index in [9.17, 15) is 4.79 Å². The number of hydrogen-bond acceptors (Lipinski definition) is 5. The van der Waals surface area contributed by atoms with Crippen molar-refractivity contribution in [1.82, 2.24) is 20.2 Å². The Labute approximate surface area is 195 Å². The minimum absolute atomic E-state index is 0. The minimum atomic E-state index is -0.0587. The van der Waals surface area contributed by atoms with E-state index in [0.29, 0.717) is 6.54 Å². The van der Waals surface area contributed by atoms with Crippen molar-refractivity contribution in [2.75, 3.05) is 49.5 Å². The second kappa shape index (κ2) is 12.3. The third-order valence-corrected chi connectivity index (χ3v) is 4.69. The molecule has 2 N–H and O–H groups in total. The van der Waals surface area contributed by atoms with Crippen molar-refractivity contribution in [3.05, 3.63) is 48.3 Å². The molecule has 1 aromatic heterocycles. The number of carbonyl (C=O) groups is 1. The summed E-state index contributed by atoms with van der Waals surface area (Å²) >= 11 is 0. The molecule has 9 heteroatoms. The van der Waals surface area contributed by atoms with Gasteiger partial charge < -0.3 is 20.4 Å². The van der Waals surface area contributed by atoms with Crippen molar-refractivity contribution >= 4 is 47.5 Å². The standard InChI is InChI=1S/C21H29N7O.HI/c1-3-22-20(25-12-9-18-5-7-19(8-6-18)26-17(2)29)27-13-15-28(16-14-27)21-23-10-4-11-24-21;/h4-8,10-11H,3,9,12-16H2,1-2H3,(H,22,25)(H,26,29);1H. The van der Waals surface area contributed by atoms with E-state index in [1.54, 1.807) is 12.4 Å². The number of rotatable bonds is 6. The maximum absolute atomic E-state index is 11.1. The normalized spacial score (nSPS) is 14.1. The van der Waals surface area contributed by atoms with Gasteiger partial charge in [0, 0.05) is 64.3 Å². The summed E-state index contributed by atoms with van der Waals surface area (Å²) in [5, 5.41) is 6.19. The number of anilines is 2. The lowest BCUT2D eigenvalue weighted by Crippen LogP contribution is -2.53. The van der Waals surface area contributed by atoms with Crippen LogP contribution in [0.2, 0.25) is 0 Å². The molecule has 0 radical (unpaired) electrons. The van der Waals surface area contributed by atoms with Gasteiger partial charge in [0.1, 0.15) is 0 Å². The van der Waals surface area contributed by atoms with Crippen molar-refractivity contribution in [3.63, 3.8) is 0 Å². The van der Waals surface area contributed by atoms with Crippen LogP contribution in [0.15, 0.2) is 47.7 Å². The lowest BCUT2D eigenvalue weighted by molar-refractivity contribution is -0.114. The summed E-state index contributed by atoms with van der Waals surface area (Å²) in [7, 11) is 0. The SMILES string of the molecule is CCNC(=NCCc1ccc(NC(C)=O)cc1)N1CCN(c2ncccn2)CC1.I. The van der Waals surface area contributed by atoms with Crippen LogP contribution in [0.4, 0.5) is 11.6 Å². The van der Waals surface area contributed by atoms with E-state index in [4.69, 9.17) is 4.99 Å². The van der Waals surface area contributed by atoms with Crippen LogP contribution in [-0.2, 0) is 11.2 Å². The minimum Gasteiger partial charge on any atom is -0.357 e. The number of aromatic nitrogens is 2. The number of halogens is 1. The number of benzene rings is 1. The molecule has 1 amide bonds. The Balaban J connectivity index is 0.00000320. The van der Waals surface area contributed by atoms with Crippen LogP contribution in [0.1, 0.15) is 19.4 Å². The van der Waals surface area contributed by atoms with E-state index in [-0.39, 0.29) is 29.9 Å². The molecule has 2 heterocycles. The highest BCUT2D eigenvalue weighted by atomic mass is 127. The molecule has 0 atom stereocenters. The van der Waals surface area contributed by atoms with E-state index in [0.717, 1.165) is 56.7 Å². The van der Waals surface area contributed by atoms with Crippen LogP contribution < -0.4 is 15.5 Å². The highest BCUT2D eigenvalue weighted by molar-refractivity contribution is 14.0. The Kier molecular flexibility index (Phi) is 9.78. The molecule has 1 aromatic carbocycles. The molecule has 1 aliphatic rings. The summed E-state index contributed by atoms with van der Waals surface area (Å²) < 4.78 is 0. The van der Waals surface area contributed by atoms with Crippen molar-refractivity contribution in [3.8, 4) is 0 Å². The van der Waals surface area contributed by atoms with Crippen LogP contribution in [0.25, 0.3) is 0 Å². The van der Waals surface area contributed by atoms with Crippen LogP contribution in [0, 0.1) is 0 Å². The molecular formula is C21H30IN7O. The number of guanidine groups is 1. The predicted molar refractivity (Wildman–Crippen MR) is 132 cm³/mol. The van der Waals surface area contributed by atoms with Gasteiger partial charge >= 0.3 is 0 Å². The molecule has 0 saturated carbocycles. The Hall–Kier alpha value is -2.43. The lowest BCUT2D eigenvalue weighted by Gasteiger charge is -2.36. The van der Waals surface area contributed by atoms with Crippen molar-refractivity contribution in [1.29, 1.82) is 0 Å². The molecule has 162 valence electrons. The van der Waals surface area contributed by atoms with Gasteiger partial charge in [0.05, 0.1) is 0 Å². The summed E-state index contributed by atoms with van der Waals surface area (Å²) in [4.78, 5) is 29.1. The Morgan fingerprint density at radius 1 is 1.10 bits per heavy atom. The first kappa shape index (κ1) is 23.8. The van der Waals surface area contributed by atoms with Crippen LogP contribution in [0.5, 0.6) is 0 Å². The molecule has 3 rings (SSSR count). The quantitative estimate of drug-likeness (QED) is 0.344. The van der Waals surface area contributed by atoms with E-state index in [1.807, 2.05) is 30.3 Å². The second-order valence-corrected chi connectivity index (χ2v) is 6.89. The number of amides is 1. The number of hydrogen-bond donors (Lipinski definition) is 2. The zero-order chi connectivity index (χ0) is 20.5. The van der Waals surface area contributed by atoms with Crippen LogP contribution in [-0.4, -0.2) is 66.0 Å². The fraction of sp³-hybridized carbons (Fsp3) is 0.429. The smallest absolute Gasteiger partial charge is 0.225 e. The number of nitrogens with one attached hydrogen (secondary N) is 2. The Morgan fingerprint density at radius 2 is 1.77 bits per heavy atom. The molecule has 0 aliphatic carbocycles. The molecule has 0 spiro atoms. The summed E-state index contributed by atoms with van der Waals surface area (Å²) in [5.41, 5.74) is 2.02. The summed E-state index contributed by atoms with van der Waals surface area (Å²) in [6, 6.07) is 9.76. The summed E-state index contributed by atoms with van der Waals surface area (Å²) in [5.74, 6) is 1.68. The van der Waals surface area contributed by atoms with Gasteiger partial charge in [-0.15, -0.1) is 24.0 Å². The van der Waals surface area contributed by atoms with Crippen LogP contribution in [0.3, 0.4) is 0 Å². The van der Waals surface area contributed by atoms with E-state index < -0.39 is 0 Å². The maximum Gasteiger partial charge on any atom is 0.225 e. The Morgan fingerprint density at radius 3 is 2.37 bits per heavy atom. The maximum atomic E-state index is 11.1. The average Bonchev–Trinajstić information content (AvgIpc) is 2.75. The second-order valence-electron chi connectivity index (χ2n) is 6.89. The average molecular weight is 523 g/mol. The van der Waals surface area contributed by atoms with Gasteiger partial charge in [-0.1, -0.05) is 12.1 Å². The van der Waals surface area contributed by atoms with Crippen molar-refractivity contribution < 1.29 is 4.79 Å². The highest BCUT2D eigenvalue weighted by Gasteiger charge is 2.20. The zero-order valence-corrected chi connectivity index (χ0v) is 19.9. The lowest BCUT2D eigenvalue weighted by atomic mass is 10.1. The van der Waals surface area contributed by atoms with Gasteiger partial charge in [0.25, 0.3) is 0 Å². The van der Waals surface area contributed by atoms with E-state index in [2.05, 4.69) is 37.3 Å². The number of piperazine rings is 1. The first-order valence-corrected chi connectivity index (χ1v) is 10.1. The van der Waals surface area contributed by atoms with Crippen molar-refractivity contribution in [2.45, 2.75) is 20.3 Å². The molecule has 2 aromatic rings. The number of nitrogens with zero attached hydrogens (tertiary/aromatic N) is 5. The number of aliphatic imine (C=N–C) groups is 1. The molecule has 1 fully saturated rings. The molecule has 1 aliphatic heterocycles. The summed E-state index contributed by atoms with van der Waals surface area (Å²) in [6.45, 7) is 8.67. The van der Waals surface area contributed by atoms with Gasteiger partial charge in [0.15, 0.2) is 5.96 Å². The first-order valence-electron chi connectivity index (χ1n) is 10.1. The molecule has 0 unspecified atom stereocenters. The fourth-order valence-corrected chi connectivity index (χ4v) is 3.25. The number of carbonyl (C=O) groups excluding carboxylic acids is 1. The third kappa shape index (κ3) is 7.12. The zero-order valence-electron chi connectivity index (χ0n) is 17.5. The monoisotopic (exact) mass is 523 g/mol. The van der Waals surface area contributed by atoms with Gasteiger partial charge in [-0.2, -0.15) is 0 Å². The third-order valence-electron chi connectivity index (χ3n) is 4.69. The molecule has 30 heavy (non-hydrogen) atoms. The topological polar surface area (TPSA) is 85.8 Å². The van der Waals surface area contributed by atoms with Gasteiger partial charge in [-0.05, 0) is 37.1 Å². The molecular weight excluding hydrogens is 493 g/mol. The van der Waals surface area contributed by atoms with Gasteiger partial charge in [0.2, 0.25) is 11.9 Å².